The summed E-state index contributed by atoms with van der Waals surface area (Å²) >= 11 is 0. The predicted molar refractivity (Wildman–Crippen MR) is 67.7 cm³/mol. The molecule has 0 fully saturated rings. The van der Waals surface area contributed by atoms with Crippen LogP contribution in [-0.4, -0.2) is 21.6 Å². The van der Waals surface area contributed by atoms with Crippen molar-refractivity contribution in [2.24, 2.45) is 0 Å². The lowest BCUT2D eigenvalue weighted by Crippen LogP contribution is -2.33. The van der Waals surface area contributed by atoms with Crippen LogP contribution < -0.4 is 0 Å². The number of aromatic nitrogens is 1. The fourth-order valence-electron chi connectivity index (χ4n) is 1.79. The van der Waals surface area contributed by atoms with Gasteiger partial charge in [-0.05, 0) is 32.4 Å². The molecule has 0 saturated heterocycles. The van der Waals surface area contributed by atoms with E-state index in [2.05, 4.69) is 10.9 Å². The molecular formula is C14H16N2O2. The second-order valence-electron chi connectivity index (χ2n) is 5.28. The van der Waals surface area contributed by atoms with Gasteiger partial charge >= 0.3 is 6.09 Å². The average Bonchev–Trinajstić information content (AvgIpc) is 2.69. The van der Waals surface area contributed by atoms with Crippen molar-refractivity contribution >= 4 is 6.09 Å². The summed E-state index contributed by atoms with van der Waals surface area (Å²) in [7, 11) is 0. The largest absolute Gasteiger partial charge is 0.444 e. The van der Waals surface area contributed by atoms with Crippen LogP contribution in [0.5, 0.6) is 0 Å². The number of rotatable bonds is 0. The summed E-state index contributed by atoms with van der Waals surface area (Å²) in [6.45, 7) is 6.54. The summed E-state index contributed by atoms with van der Waals surface area (Å²) < 4.78 is 5.33. The minimum atomic E-state index is -0.483. The first-order valence-corrected chi connectivity index (χ1v) is 5.82. The van der Waals surface area contributed by atoms with Crippen molar-refractivity contribution in [1.82, 2.24) is 9.88 Å². The number of carbonyl (C=O) groups excluding carboxylic acids is 1. The summed E-state index contributed by atoms with van der Waals surface area (Å²) in [5, 5.41) is 0. The number of amides is 1. The van der Waals surface area contributed by atoms with E-state index in [1.165, 1.54) is 0 Å². The van der Waals surface area contributed by atoms with Gasteiger partial charge in [0.15, 0.2) is 0 Å². The number of hydrogen-bond acceptors (Lipinski definition) is 3. The highest BCUT2D eigenvalue weighted by Gasteiger charge is 2.28. The molecule has 4 nitrogen and oxygen atoms in total. The molecule has 0 saturated carbocycles. The molecule has 1 aliphatic heterocycles. The van der Waals surface area contributed by atoms with E-state index in [4.69, 9.17) is 11.2 Å². The van der Waals surface area contributed by atoms with E-state index in [1.54, 1.807) is 11.0 Å². The number of fused-ring (bicyclic) bond motifs is 1. The highest BCUT2D eigenvalue weighted by atomic mass is 16.6. The van der Waals surface area contributed by atoms with E-state index in [9.17, 15) is 4.79 Å². The number of pyridine rings is 1. The van der Waals surface area contributed by atoms with Crippen molar-refractivity contribution in [2.45, 2.75) is 39.5 Å². The minimum absolute atomic E-state index is 0.317. The van der Waals surface area contributed by atoms with Crippen LogP contribution in [0.25, 0.3) is 0 Å². The van der Waals surface area contributed by atoms with Crippen LogP contribution in [0.2, 0.25) is 0 Å². The van der Waals surface area contributed by atoms with Gasteiger partial charge in [-0.2, -0.15) is 0 Å². The first-order chi connectivity index (χ1) is 8.39. The number of ether oxygens (including phenoxy) is 1. The van der Waals surface area contributed by atoms with Crippen LogP contribution >= 0.6 is 0 Å². The van der Waals surface area contributed by atoms with E-state index in [-0.39, 0.29) is 6.09 Å². The lowest BCUT2D eigenvalue weighted by molar-refractivity contribution is 0.0240. The van der Waals surface area contributed by atoms with E-state index in [0.717, 1.165) is 11.3 Å². The first-order valence-electron chi connectivity index (χ1n) is 5.82. The Morgan fingerprint density at radius 1 is 1.44 bits per heavy atom. The second-order valence-corrected chi connectivity index (χ2v) is 5.28. The number of nitrogens with zero attached hydrogens (tertiary/aromatic N) is 2. The fraction of sp³-hybridized carbons (Fsp3) is 0.429. The number of carbonyl (C=O) groups is 1. The third-order valence-electron chi connectivity index (χ3n) is 2.57. The highest BCUT2D eigenvalue weighted by molar-refractivity contribution is 5.69. The van der Waals surface area contributed by atoms with Gasteiger partial charge in [-0.1, -0.05) is 12.0 Å². The van der Waals surface area contributed by atoms with Crippen molar-refractivity contribution in [3.63, 3.8) is 0 Å². The summed E-state index contributed by atoms with van der Waals surface area (Å²) in [6, 6.07) is 3.71. The van der Waals surface area contributed by atoms with Gasteiger partial charge in [-0.25, -0.2) is 9.78 Å². The Labute approximate surface area is 107 Å². The van der Waals surface area contributed by atoms with Crippen molar-refractivity contribution < 1.29 is 9.53 Å². The molecule has 0 atom stereocenters. The van der Waals surface area contributed by atoms with Crippen LogP contribution in [0.1, 0.15) is 37.7 Å². The molecule has 2 heterocycles. The molecule has 18 heavy (non-hydrogen) atoms. The molecule has 0 N–H and O–H groups in total. The smallest absolute Gasteiger partial charge is 0.410 e. The average molecular weight is 244 g/mol. The van der Waals surface area contributed by atoms with Gasteiger partial charge < -0.3 is 4.74 Å². The van der Waals surface area contributed by atoms with Gasteiger partial charge in [0.2, 0.25) is 0 Å². The second kappa shape index (κ2) is 4.34. The number of hydrogen-bond donors (Lipinski definition) is 0. The molecule has 0 aliphatic carbocycles. The maximum Gasteiger partial charge on any atom is 0.410 e. The Morgan fingerprint density at radius 2 is 2.17 bits per heavy atom. The van der Waals surface area contributed by atoms with Crippen molar-refractivity contribution in [1.29, 1.82) is 0 Å². The lowest BCUT2D eigenvalue weighted by Gasteiger charge is -2.23. The zero-order valence-corrected chi connectivity index (χ0v) is 10.9. The Kier molecular flexibility index (Phi) is 3.00. The van der Waals surface area contributed by atoms with Gasteiger partial charge in [-0.3, -0.25) is 4.90 Å². The maximum atomic E-state index is 11.9. The standard InChI is InChI=1S/C14H16N2O2/c1-5-11-7-6-10-8-16(9-12(10)15-11)13(17)18-14(2,3)4/h1,6-7H,8-9H2,2-4H3. The van der Waals surface area contributed by atoms with Crippen LogP contribution in [0, 0.1) is 12.3 Å². The van der Waals surface area contributed by atoms with E-state index >= 15 is 0 Å². The Bertz CT molecular complexity index is 524. The molecule has 0 aromatic carbocycles. The van der Waals surface area contributed by atoms with E-state index in [1.807, 2.05) is 26.8 Å². The van der Waals surface area contributed by atoms with Gasteiger partial charge in [-0.15, -0.1) is 6.42 Å². The first kappa shape index (κ1) is 12.4. The molecule has 1 aliphatic rings. The molecule has 2 rings (SSSR count). The van der Waals surface area contributed by atoms with Crippen molar-refractivity contribution in [3.05, 3.63) is 29.1 Å². The third kappa shape index (κ3) is 2.62. The zero-order valence-electron chi connectivity index (χ0n) is 10.9. The quantitative estimate of drug-likeness (QED) is 0.658. The van der Waals surface area contributed by atoms with E-state index < -0.39 is 5.60 Å². The number of terminal acetylenes is 1. The normalized spacial score (nSPS) is 14.0. The molecule has 4 heteroatoms. The molecule has 94 valence electrons. The Hall–Kier alpha value is -2.02. The summed E-state index contributed by atoms with van der Waals surface area (Å²) in [5.41, 5.74) is 2.00. The van der Waals surface area contributed by atoms with Gasteiger partial charge in [0.05, 0.1) is 18.8 Å². The van der Waals surface area contributed by atoms with E-state index in [0.29, 0.717) is 18.8 Å². The van der Waals surface area contributed by atoms with Crippen LogP contribution in [0.15, 0.2) is 12.1 Å². The van der Waals surface area contributed by atoms with Gasteiger partial charge in [0.25, 0.3) is 0 Å². The molecule has 0 radical (unpaired) electrons. The van der Waals surface area contributed by atoms with Crippen LogP contribution in [0.4, 0.5) is 4.79 Å². The minimum Gasteiger partial charge on any atom is -0.444 e. The molecule has 0 unspecified atom stereocenters. The summed E-state index contributed by atoms with van der Waals surface area (Å²) in [6.07, 6.45) is 4.99. The monoisotopic (exact) mass is 244 g/mol. The fourth-order valence-corrected chi connectivity index (χ4v) is 1.79. The molecular weight excluding hydrogens is 228 g/mol. The Morgan fingerprint density at radius 3 is 2.78 bits per heavy atom. The van der Waals surface area contributed by atoms with Crippen molar-refractivity contribution in [3.8, 4) is 12.3 Å². The molecule has 1 aromatic heterocycles. The SMILES string of the molecule is C#Cc1ccc2c(n1)CN(C(=O)OC(C)(C)C)C2. The predicted octanol–water partition coefficient (Wildman–Crippen LogP) is 2.31. The summed E-state index contributed by atoms with van der Waals surface area (Å²) in [5.74, 6) is 2.49. The topological polar surface area (TPSA) is 42.4 Å². The van der Waals surface area contributed by atoms with Crippen LogP contribution in [-0.2, 0) is 17.8 Å². The zero-order chi connectivity index (χ0) is 13.3. The van der Waals surface area contributed by atoms with Crippen LogP contribution in [0.3, 0.4) is 0 Å². The third-order valence-corrected chi connectivity index (χ3v) is 2.57. The van der Waals surface area contributed by atoms with Gasteiger partial charge in [0, 0.05) is 0 Å². The molecule has 0 bridgehead atoms. The lowest BCUT2D eigenvalue weighted by atomic mass is 10.2. The van der Waals surface area contributed by atoms with Gasteiger partial charge in [0.1, 0.15) is 11.3 Å². The maximum absolute atomic E-state index is 11.9. The molecule has 0 spiro atoms. The summed E-state index contributed by atoms with van der Waals surface area (Å²) in [4.78, 5) is 17.9. The molecule has 1 aromatic rings. The highest BCUT2D eigenvalue weighted by Crippen LogP contribution is 2.23. The molecule has 1 amide bonds. The Balaban J connectivity index is 2.11. The van der Waals surface area contributed by atoms with Crippen molar-refractivity contribution in [2.75, 3.05) is 0 Å².